The van der Waals surface area contributed by atoms with Crippen molar-refractivity contribution in [1.82, 2.24) is 0 Å². The molecule has 0 spiro atoms. The fourth-order valence-corrected chi connectivity index (χ4v) is 3.10. The Morgan fingerprint density at radius 3 is 2.79 bits per heavy atom. The van der Waals surface area contributed by atoms with E-state index in [4.69, 9.17) is 5.26 Å². The minimum Gasteiger partial charge on any atom is -0.378 e. The number of rotatable bonds is 5. The van der Waals surface area contributed by atoms with Gasteiger partial charge < -0.3 is 5.32 Å². The molecule has 5 nitrogen and oxygen atoms in total. The fourth-order valence-electron chi connectivity index (χ4n) is 2.18. The zero-order valence-electron chi connectivity index (χ0n) is 10.7. The zero-order chi connectivity index (χ0) is 13.9. The van der Waals surface area contributed by atoms with Crippen molar-refractivity contribution in [2.75, 3.05) is 18.1 Å². The SMILES string of the molecule is CSC1(CNc2ccc(C#N)cc2[N+](=O)[O-])CCC1. The van der Waals surface area contributed by atoms with Crippen LogP contribution in [-0.4, -0.2) is 22.5 Å². The minimum absolute atomic E-state index is 0.0328. The van der Waals surface area contributed by atoms with Crippen molar-refractivity contribution in [1.29, 1.82) is 5.26 Å². The van der Waals surface area contributed by atoms with Gasteiger partial charge in [-0.15, -0.1) is 0 Å². The van der Waals surface area contributed by atoms with Crippen molar-refractivity contribution in [3.05, 3.63) is 33.9 Å². The number of nitrogens with one attached hydrogen (secondary N) is 1. The Balaban J connectivity index is 2.16. The second-order valence-corrected chi connectivity index (χ2v) is 5.97. The minimum atomic E-state index is -0.449. The Morgan fingerprint density at radius 1 is 1.58 bits per heavy atom. The van der Waals surface area contributed by atoms with Crippen LogP contribution in [0.5, 0.6) is 0 Å². The van der Waals surface area contributed by atoms with Crippen LogP contribution in [0.25, 0.3) is 0 Å². The van der Waals surface area contributed by atoms with Gasteiger partial charge in [0.05, 0.1) is 16.6 Å². The highest BCUT2D eigenvalue weighted by Crippen LogP contribution is 2.43. The summed E-state index contributed by atoms with van der Waals surface area (Å²) in [6.45, 7) is 0.723. The molecule has 0 bridgehead atoms. The highest BCUT2D eigenvalue weighted by atomic mass is 32.2. The molecule has 1 fully saturated rings. The summed E-state index contributed by atoms with van der Waals surface area (Å²) in [7, 11) is 0. The van der Waals surface area contributed by atoms with Gasteiger partial charge in [0.25, 0.3) is 5.69 Å². The van der Waals surface area contributed by atoms with Crippen LogP contribution in [0, 0.1) is 21.4 Å². The van der Waals surface area contributed by atoms with Crippen molar-refractivity contribution >= 4 is 23.1 Å². The molecule has 1 aliphatic rings. The summed E-state index contributed by atoms with van der Waals surface area (Å²) in [6.07, 6.45) is 5.59. The van der Waals surface area contributed by atoms with Gasteiger partial charge in [0.15, 0.2) is 0 Å². The molecular formula is C13H15N3O2S. The summed E-state index contributed by atoms with van der Waals surface area (Å²) in [6, 6.07) is 6.45. The van der Waals surface area contributed by atoms with Crippen LogP contribution < -0.4 is 5.32 Å². The predicted molar refractivity (Wildman–Crippen MR) is 76.4 cm³/mol. The van der Waals surface area contributed by atoms with Crippen molar-refractivity contribution in [3.8, 4) is 6.07 Å². The van der Waals surface area contributed by atoms with Crippen LogP contribution in [0.4, 0.5) is 11.4 Å². The van der Waals surface area contributed by atoms with E-state index in [2.05, 4.69) is 11.6 Å². The maximum Gasteiger partial charge on any atom is 0.293 e. The maximum absolute atomic E-state index is 11.0. The lowest BCUT2D eigenvalue weighted by atomic mass is 9.84. The molecule has 0 unspecified atom stereocenters. The number of nitrogens with zero attached hydrogens (tertiary/aromatic N) is 2. The van der Waals surface area contributed by atoms with Crippen LogP contribution in [0.15, 0.2) is 18.2 Å². The average Bonchev–Trinajstić information content (AvgIpc) is 2.38. The monoisotopic (exact) mass is 277 g/mol. The summed E-state index contributed by atoms with van der Waals surface area (Å²) in [5.41, 5.74) is 0.763. The van der Waals surface area contributed by atoms with Crippen LogP contribution >= 0.6 is 11.8 Å². The van der Waals surface area contributed by atoms with Crippen molar-refractivity contribution in [2.24, 2.45) is 0 Å². The molecule has 1 saturated carbocycles. The third-order valence-corrected chi connectivity index (χ3v) is 5.04. The van der Waals surface area contributed by atoms with Gasteiger partial charge in [0.1, 0.15) is 5.69 Å². The van der Waals surface area contributed by atoms with Gasteiger partial charge in [-0.1, -0.05) is 6.42 Å². The van der Waals surface area contributed by atoms with Gasteiger partial charge in [-0.05, 0) is 31.2 Å². The van der Waals surface area contributed by atoms with Gasteiger partial charge in [0.2, 0.25) is 0 Å². The predicted octanol–water partition coefficient (Wildman–Crippen LogP) is 3.16. The third-order valence-electron chi connectivity index (χ3n) is 3.62. The molecule has 19 heavy (non-hydrogen) atoms. The number of nitriles is 1. The van der Waals surface area contributed by atoms with Crippen molar-refractivity contribution in [2.45, 2.75) is 24.0 Å². The van der Waals surface area contributed by atoms with E-state index in [1.54, 1.807) is 12.1 Å². The number of anilines is 1. The molecular weight excluding hydrogens is 262 g/mol. The van der Waals surface area contributed by atoms with Gasteiger partial charge in [0, 0.05) is 17.4 Å². The number of hydrogen-bond donors (Lipinski definition) is 1. The molecule has 100 valence electrons. The molecule has 0 saturated heterocycles. The van der Waals surface area contributed by atoms with Gasteiger partial charge in [-0.25, -0.2) is 0 Å². The van der Waals surface area contributed by atoms with E-state index in [0.717, 1.165) is 19.4 Å². The number of nitro groups is 1. The quantitative estimate of drug-likeness (QED) is 0.660. The lowest BCUT2D eigenvalue weighted by Gasteiger charge is -2.40. The molecule has 1 aromatic carbocycles. The second-order valence-electron chi connectivity index (χ2n) is 4.70. The zero-order valence-corrected chi connectivity index (χ0v) is 11.5. The lowest BCUT2D eigenvalue weighted by Crippen LogP contribution is -2.40. The summed E-state index contributed by atoms with van der Waals surface area (Å²) >= 11 is 1.82. The first-order valence-electron chi connectivity index (χ1n) is 6.08. The van der Waals surface area contributed by atoms with Crippen LogP contribution in [0.1, 0.15) is 24.8 Å². The van der Waals surface area contributed by atoms with Crippen LogP contribution in [0.2, 0.25) is 0 Å². The van der Waals surface area contributed by atoms with Crippen molar-refractivity contribution < 1.29 is 4.92 Å². The standard InChI is InChI=1S/C13H15N3O2S/c1-19-13(5-2-6-13)9-15-11-4-3-10(8-14)7-12(11)16(17)18/h3-4,7,15H,2,5-6,9H2,1H3. The van der Waals surface area contributed by atoms with Gasteiger partial charge in [-0.2, -0.15) is 17.0 Å². The first kappa shape index (κ1) is 13.7. The lowest BCUT2D eigenvalue weighted by molar-refractivity contribution is -0.384. The molecule has 0 amide bonds. The Hall–Kier alpha value is -1.74. The molecule has 6 heteroatoms. The van der Waals surface area contributed by atoms with E-state index in [1.165, 1.54) is 12.5 Å². The summed E-state index contributed by atoms with van der Waals surface area (Å²) in [5, 5.41) is 23.0. The normalized spacial score (nSPS) is 16.2. The van der Waals surface area contributed by atoms with Crippen LogP contribution in [-0.2, 0) is 0 Å². The van der Waals surface area contributed by atoms with Crippen molar-refractivity contribution in [3.63, 3.8) is 0 Å². The molecule has 0 radical (unpaired) electrons. The molecule has 1 aromatic rings. The second kappa shape index (κ2) is 5.49. The first-order valence-corrected chi connectivity index (χ1v) is 7.30. The number of benzene rings is 1. The summed E-state index contributed by atoms with van der Waals surface area (Å²) in [4.78, 5) is 10.6. The van der Waals surface area contributed by atoms with E-state index in [-0.39, 0.29) is 10.4 Å². The Kier molecular flexibility index (Phi) is 3.96. The van der Waals surface area contributed by atoms with Crippen LogP contribution in [0.3, 0.4) is 0 Å². The first-order chi connectivity index (χ1) is 9.10. The fraction of sp³-hybridized carbons (Fsp3) is 0.462. The maximum atomic E-state index is 11.0. The highest BCUT2D eigenvalue weighted by Gasteiger charge is 2.36. The largest absolute Gasteiger partial charge is 0.378 e. The molecule has 0 heterocycles. The molecule has 1 aliphatic carbocycles. The van der Waals surface area contributed by atoms with E-state index in [9.17, 15) is 10.1 Å². The molecule has 0 aliphatic heterocycles. The van der Waals surface area contributed by atoms with E-state index in [1.807, 2.05) is 17.8 Å². The Labute approximate surface area is 116 Å². The number of hydrogen-bond acceptors (Lipinski definition) is 5. The topological polar surface area (TPSA) is 79.0 Å². The summed E-state index contributed by atoms with van der Waals surface area (Å²) in [5.74, 6) is 0. The molecule has 2 rings (SSSR count). The number of nitro benzene ring substituents is 1. The van der Waals surface area contributed by atoms with E-state index in [0.29, 0.717) is 11.3 Å². The number of thioether (sulfide) groups is 1. The smallest absolute Gasteiger partial charge is 0.293 e. The van der Waals surface area contributed by atoms with Gasteiger partial charge in [-0.3, -0.25) is 10.1 Å². The van der Waals surface area contributed by atoms with E-state index < -0.39 is 4.92 Å². The summed E-state index contributed by atoms with van der Waals surface area (Å²) < 4.78 is 0.210. The average molecular weight is 277 g/mol. The van der Waals surface area contributed by atoms with Gasteiger partial charge >= 0.3 is 0 Å². The third kappa shape index (κ3) is 2.82. The molecule has 1 N–H and O–H groups in total. The Bertz CT molecular complexity index is 530. The molecule has 0 atom stereocenters. The Morgan fingerprint density at radius 2 is 2.32 bits per heavy atom. The highest BCUT2D eigenvalue weighted by molar-refractivity contribution is 8.00. The van der Waals surface area contributed by atoms with E-state index >= 15 is 0 Å². The molecule has 0 aromatic heterocycles.